The van der Waals surface area contributed by atoms with E-state index in [0.29, 0.717) is 0 Å². The van der Waals surface area contributed by atoms with Crippen LogP contribution in [0.25, 0.3) is 0 Å². The third-order valence-corrected chi connectivity index (χ3v) is 4.54. The summed E-state index contributed by atoms with van der Waals surface area (Å²) < 4.78 is 0. The molecule has 18 heavy (non-hydrogen) atoms. The van der Waals surface area contributed by atoms with Gasteiger partial charge in [-0.15, -0.1) is 11.8 Å². The van der Waals surface area contributed by atoms with E-state index in [0.717, 1.165) is 19.5 Å². The van der Waals surface area contributed by atoms with Crippen molar-refractivity contribution in [3.8, 4) is 0 Å². The number of nitrogens with two attached hydrogens (primary N) is 1. The van der Waals surface area contributed by atoms with E-state index in [2.05, 4.69) is 42.3 Å². The van der Waals surface area contributed by atoms with Gasteiger partial charge in [-0.25, -0.2) is 0 Å². The first-order chi connectivity index (χ1) is 8.62. The van der Waals surface area contributed by atoms with Crippen molar-refractivity contribution in [2.75, 3.05) is 19.3 Å². The van der Waals surface area contributed by atoms with Crippen molar-refractivity contribution in [3.63, 3.8) is 0 Å². The van der Waals surface area contributed by atoms with Gasteiger partial charge in [0.05, 0.1) is 5.66 Å². The van der Waals surface area contributed by atoms with E-state index in [1.165, 1.54) is 29.7 Å². The molecule has 1 heterocycles. The number of hydrogen-bond donors (Lipinski definition) is 1. The molecule has 0 amide bonds. The van der Waals surface area contributed by atoms with Gasteiger partial charge >= 0.3 is 0 Å². The van der Waals surface area contributed by atoms with Crippen LogP contribution in [0.3, 0.4) is 0 Å². The Hall–Kier alpha value is -0.510. The predicted octanol–water partition coefficient (Wildman–Crippen LogP) is 3.11. The standard InChI is InChI=1S/C15H24N2S/c1-15(16,17-10-4-3-5-11-17)12-13-6-8-14(18-2)9-7-13/h6-9H,3-5,10-12,16H2,1-2H3. The van der Waals surface area contributed by atoms with Crippen molar-refractivity contribution in [3.05, 3.63) is 29.8 Å². The molecular weight excluding hydrogens is 240 g/mol. The minimum Gasteiger partial charge on any atom is -0.313 e. The van der Waals surface area contributed by atoms with Gasteiger partial charge in [0, 0.05) is 11.3 Å². The summed E-state index contributed by atoms with van der Waals surface area (Å²) in [5.41, 5.74) is 7.64. The summed E-state index contributed by atoms with van der Waals surface area (Å²) in [5, 5.41) is 0. The summed E-state index contributed by atoms with van der Waals surface area (Å²) in [6.45, 7) is 4.46. The first-order valence-corrected chi connectivity index (χ1v) is 8.01. The zero-order valence-electron chi connectivity index (χ0n) is 11.5. The second kappa shape index (κ2) is 6.09. The van der Waals surface area contributed by atoms with Crippen LogP contribution in [0.5, 0.6) is 0 Å². The highest BCUT2D eigenvalue weighted by Crippen LogP contribution is 2.22. The van der Waals surface area contributed by atoms with Gasteiger partial charge < -0.3 is 5.73 Å². The third kappa shape index (κ3) is 3.50. The number of benzene rings is 1. The molecule has 1 unspecified atom stereocenters. The first-order valence-electron chi connectivity index (χ1n) is 6.79. The summed E-state index contributed by atoms with van der Waals surface area (Å²) in [4.78, 5) is 3.76. The topological polar surface area (TPSA) is 29.3 Å². The fraction of sp³-hybridized carbons (Fsp3) is 0.600. The second-order valence-electron chi connectivity index (χ2n) is 5.43. The Kier molecular flexibility index (Phi) is 4.71. The van der Waals surface area contributed by atoms with E-state index in [4.69, 9.17) is 5.73 Å². The Morgan fingerprint density at radius 3 is 2.33 bits per heavy atom. The molecule has 1 fully saturated rings. The molecule has 1 aromatic carbocycles. The fourth-order valence-electron chi connectivity index (χ4n) is 2.67. The average Bonchev–Trinajstić information content (AvgIpc) is 2.40. The SMILES string of the molecule is CSc1ccc(CC(C)(N)N2CCCCC2)cc1. The quantitative estimate of drug-likeness (QED) is 0.847. The van der Waals surface area contributed by atoms with Gasteiger partial charge in [0.2, 0.25) is 0 Å². The molecule has 0 aliphatic carbocycles. The Bertz CT molecular complexity index is 367. The molecule has 0 aromatic heterocycles. The molecule has 1 aliphatic heterocycles. The Morgan fingerprint density at radius 2 is 1.78 bits per heavy atom. The molecule has 1 aromatic rings. The monoisotopic (exact) mass is 264 g/mol. The smallest absolute Gasteiger partial charge is 0.0699 e. The number of hydrogen-bond acceptors (Lipinski definition) is 3. The summed E-state index contributed by atoms with van der Waals surface area (Å²) in [7, 11) is 0. The minimum atomic E-state index is -0.207. The summed E-state index contributed by atoms with van der Waals surface area (Å²) in [6.07, 6.45) is 6.98. The van der Waals surface area contributed by atoms with Crippen LogP contribution in [0, 0.1) is 0 Å². The minimum absolute atomic E-state index is 0.207. The van der Waals surface area contributed by atoms with E-state index in [1.807, 2.05) is 0 Å². The average molecular weight is 264 g/mol. The number of rotatable bonds is 4. The molecule has 1 atom stereocenters. The van der Waals surface area contributed by atoms with E-state index in [9.17, 15) is 0 Å². The van der Waals surface area contributed by atoms with E-state index >= 15 is 0 Å². The molecular formula is C15H24N2S. The maximum absolute atomic E-state index is 6.51. The predicted molar refractivity (Wildman–Crippen MR) is 79.9 cm³/mol. The fourth-order valence-corrected chi connectivity index (χ4v) is 3.08. The van der Waals surface area contributed by atoms with Crippen molar-refractivity contribution in [2.24, 2.45) is 5.73 Å². The number of thioether (sulfide) groups is 1. The van der Waals surface area contributed by atoms with Crippen molar-refractivity contribution in [2.45, 2.75) is 43.2 Å². The van der Waals surface area contributed by atoms with Crippen molar-refractivity contribution in [1.82, 2.24) is 4.90 Å². The number of piperidine rings is 1. The highest BCUT2D eigenvalue weighted by atomic mass is 32.2. The normalized spacial score (nSPS) is 20.6. The van der Waals surface area contributed by atoms with Crippen LogP contribution in [0.4, 0.5) is 0 Å². The molecule has 100 valence electrons. The van der Waals surface area contributed by atoms with Crippen LogP contribution in [-0.2, 0) is 6.42 Å². The molecule has 0 radical (unpaired) electrons. The van der Waals surface area contributed by atoms with Gasteiger partial charge in [0.1, 0.15) is 0 Å². The lowest BCUT2D eigenvalue weighted by atomic mass is 9.98. The van der Waals surface area contributed by atoms with Gasteiger partial charge in [-0.2, -0.15) is 0 Å². The number of nitrogens with zero attached hydrogens (tertiary/aromatic N) is 1. The molecule has 0 spiro atoms. The highest BCUT2D eigenvalue weighted by molar-refractivity contribution is 7.98. The lowest BCUT2D eigenvalue weighted by Crippen LogP contribution is -2.56. The van der Waals surface area contributed by atoms with Crippen LogP contribution in [0.2, 0.25) is 0 Å². The Balaban J connectivity index is 2.01. The lowest BCUT2D eigenvalue weighted by Gasteiger charge is -2.40. The molecule has 2 nitrogen and oxygen atoms in total. The zero-order chi connectivity index (χ0) is 13.0. The maximum Gasteiger partial charge on any atom is 0.0699 e. The van der Waals surface area contributed by atoms with Gasteiger partial charge in [-0.05, 0) is 56.8 Å². The van der Waals surface area contributed by atoms with E-state index in [1.54, 1.807) is 11.8 Å². The summed E-state index contributed by atoms with van der Waals surface area (Å²) in [5.74, 6) is 0. The highest BCUT2D eigenvalue weighted by Gasteiger charge is 2.28. The largest absolute Gasteiger partial charge is 0.313 e. The molecule has 1 saturated heterocycles. The first kappa shape index (κ1) is 13.9. The van der Waals surface area contributed by atoms with Crippen molar-refractivity contribution in [1.29, 1.82) is 0 Å². The van der Waals surface area contributed by atoms with Crippen LogP contribution in [0.1, 0.15) is 31.7 Å². The Labute approximate surface area is 115 Å². The molecule has 0 saturated carbocycles. The van der Waals surface area contributed by atoms with Gasteiger partial charge in [-0.3, -0.25) is 4.90 Å². The van der Waals surface area contributed by atoms with Crippen LogP contribution >= 0.6 is 11.8 Å². The molecule has 3 heteroatoms. The lowest BCUT2D eigenvalue weighted by molar-refractivity contribution is 0.0856. The molecule has 1 aliphatic rings. The molecule has 2 N–H and O–H groups in total. The van der Waals surface area contributed by atoms with Gasteiger partial charge in [0.15, 0.2) is 0 Å². The molecule has 2 rings (SSSR count). The van der Waals surface area contributed by atoms with Crippen LogP contribution < -0.4 is 5.73 Å². The van der Waals surface area contributed by atoms with Crippen LogP contribution in [-0.4, -0.2) is 29.9 Å². The van der Waals surface area contributed by atoms with Crippen molar-refractivity contribution < 1.29 is 0 Å². The van der Waals surface area contributed by atoms with Gasteiger partial charge in [0.25, 0.3) is 0 Å². The Morgan fingerprint density at radius 1 is 1.17 bits per heavy atom. The van der Waals surface area contributed by atoms with E-state index < -0.39 is 0 Å². The third-order valence-electron chi connectivity index (χ3n) is 3.80. The summed E-state index contributed by atoms with van der Waals surface area (Å²) in [6, 6.07) is 8.79. The second-order valence-corrected chi connectivity index (χ2v) is 6.31. The number of likely N-dealkylation sites (tertiary alicyclic amines) is 1. The van der Waals surface area contributed by atoms with Gasteiger partial charge in [-0.1, -0.05) is 18.6 Å². The zero-order valence-corrected chi connectivity index (χ0v) is 12.3. The van der Waals surface area contributed by atoms with Crippen LogP contribution in [0.15, 0.2) is 29.2 Å². The maximum atomic E-state index is 6.51. The van der Waals surface area contributed by atoms with Crippen molar-refractivity contribution >= 4 is 11.8 Å². The molecule has 0 bridgehead atoms. The summed E-state index contributed by atoms with van der Waals surface area (Å²) >= 11 is 1.78. The van der Waals surface area contributed by atoms with E-state index in [-0.39, 0.29) is 5.66 Å².